The predicted octanol–water partition coefficient (Wildman–Crippen LogP) is 17.0. The van der Waals surface area contributed by atoms with Gasteiger partial charge in [-0.25, -0.2) is 0 Å². The van der Waals surface area contributed by atoms with Crippen LogP contribution < -0.4 is 0 Å². The average Bonchev–Trinajstić information content (AvgIpc) is 3.38. The van der Waals surface area contributed by atoms with Crippen LogP contribution in [0.3, 0.4) is 0 Å². The maximum Gasteiger partial charge on any atom is 0.0340 e. The number of hydrogen-bond acceptors (Lipinski definition) is 0. The minimum atomic E-state index is -0.233. The molecule has 0 N–H and O–H groups in total. The molecule has 0 bridgehead atoms. The van der Waals surface area contributed by atoms with Crippen molar-refractivity contribution in [3.05, 3.63) is 311 Å². The minimum absolute atomic E-state index is 0.0523. The normalized spacial score (nSPS) is 11.5. The van der Waals surface area contributed by atoms with Gasteiger partial charge < -0.3 is 0 Å². The van der Waals surface area contributed by atoms with E-state index in [9.17, 15) is 0 Å². The van der Waals surface area contributed by atoms with E-state index < -0.39 is 0 Å². The molecule has 10 aromatic rings. The second-order valence-electron chi connectivity index (χ2n) is 17.7. The Balaban J connectivity index is 0.997. The van der Waals surface area contributed by atoms with E-state index in [1.807, 2.05) is 0 Å². The molecule has 0 saturated heterocycles. The highest BCUT2D eigenvalue weighted by atomic mass is 14.3. The summed E-state index contributed by atoms with van der Waals surface area (Å²) in [5.74, 6) is 0.105. The van der Waals surface area contributed by atoms with Crippen LogP contribution in [0.5, 0.6) is 0 Å². The Labute approximate surface area is 385 Å². The lowest BCUT2D eigenvalue weighted by molar-refractivity contribution is 0.640. The van der Waals surface area contributed by atoms with Gasteiger partial charge in [0, 0.05) is 17.3 Å². The second kappa shape index (κ2) is 18.5. The molecule has 0 aliphatic rings. The fourth-order valence-electron chi connectivity index (χ4n) is 9.62. The van der Waals surface area contributed by atoms with Gasteiger partial charge in [-0.2, -0.15) is 0 Å². The number of benzene rings is 10. The highest BCUT2D eigenvalue weighted by Gasteiger charge is 2.26. The summed E-state index contributed by atoms with van der Waals surface area (Å²) in [5.41, 5.74) is 19.8. The van der Waals surface area contributed by atoms with E-state index in [2.05, 4.69) is 281 Å². The zero-order valence-corrected chi connectivity index (χ0v) is 37.1. The molecule has 10 aromatic carbocycles. The van der Waals surface area contributed by atoms with Crippen LogP contribution in [-0.2, 0) is 5.41 Å². The van der Waals surface area contributed by atoms with E-state index in [0.29, 0.717) is 0 Å². The Morgan fingerprint density at radius 3 is 0.692 bits per heavy atom. The molecule has 0 saturated carbocycles. The molecule has 0 heterocycles. The largest absolute Gasteiger partial charge is 0.0622 e. The van der Waals surface area contributed by atoms with Crippen LogP contribution in [0.25, 0.3) is 44.5 Å². The molecule has 0 aromatic heterocycles. The van der Waals surface area contributed by atoms with E-state index in [0.717, 1.165) is 0 Å². The molecule has 0 aliphatic carbocycles. The molecule has 312 valence electrons. The summed E-state index contributed by atoms with van der Waals surface area (Å²) >= 11 is 0. The van der Waals surface area contributed by atoms with Crippen molar-refractivity contribution in [1.82, 2.24) is 0 Å². The van der Waals surface area contributed by atoms with E-state index in [-0.39, 0.29) is 17.3 Å². The first kappa shape index (κ1) is 41.2. The highest BCUT2D eigenvalue weighted by molar-refractivity contribution is 5.69. The Morgan fingerprint density at radius 1 is 0.215 bits per heavy atom. The van der Waals surface area contributed by atoms with Crippen molar-refractivity contribution in [3.8, 4) is 44.5 Å². The smallest absolute Gasteiger partial charge is 0.0340 e. The average molecular weight is 833 g/mol. The van der Waals surface area contributed by atoms with E-state index in [1.54, 1.807) is 0 Å². The van der Waals surface area contributed by atoms with E-state index in [4.69, 9.17) is 0 Å². The predicted molar refractivity (Wildman–Crippen MR) is 274 cm³/mol. The molecule has 0 nitrogen and oxygen atoms in total. The number of rotatable bonds is 12. The summed E-state index contributed by atoms with van der Waals surface area (Å²) in [6.45, 7) is 4.70. The quantitative estimate of drug-likeness (QED) is 0.108. The zero-order chi connectivity index (χ0) is 44.0. The molecule has 0 fully saturated rings. The fourth-order valence-corrected chi connectivity index (χ4v) is 9.62. The van der Waals surface area contributed by atoms with E-state index >= 15 is 0 Å². The Hall–Kier alpha value is -7.80. The summed E-state index contributed by atoms with van der Waals surface area (Å²) in [6.07, 6.45) is 0. The van der Waals surface area contributed by atoms with Gasteiger partial charge in [0.05, 0.1) is 0 Å². The first-order chi connectivity index (χ1) is 32.0. The highest BCUT2D eigenvalue weighted by Crippen LogP contribution is 2.41. The summed E-state index contributed by atoms with van der Waals surface area (Å²) in [5, 5.41) is 0. The summed E-state index contributed by atoms with van der Waals surface area (Å²) in [6, 6.07) is 98.0. The van der Waals surface area contributed by atoms with Crippen molar-refractivity contribution in [2.75, 3.05) is 0 Å². The van der Waals surface area contributed by atoms with Gasteiger partial charge in [0.2, 0.25) is 0 Å². The van der Waals surface area contributed by atoms with Crippen molar-refractivity contribution in [2.45, 2.75) is 31.1 Å². The summed E-state index contributed by atoms with van der Waals surface area (Å²) < 4.78 is 0. The minimum Gasteiger partial charge on any atom is -0.0622 e. The lowest BCUT2D eigenvalue weighted by Gasteiger charge is -2.28. The van der Waals surface area contributed by atoms with Crippen molar-refractivity contribution >= 4 is 0 Å². The van der Waals surface area contributed by atoms with Crippen molar-refractivity contribution in [1.29, 1.82) is 0 Å². The molecule has 0 heteroatoms. The third kappa shape index (κ3) is 8.90. The number of hydrogen-bond donors (Lipinski definition) is 0. The lowest BCUT2D eigenvalue weighted by atomic mass is 9.75. The molecular formula is C65H52. The Kier molecular flexibility index (Phi) is 11.7. The van der Waals surface area contributed by atoms with Crippen molar-refractivity contribution in [3.63, 3.8) is 0 Å². The molecule has 0 aliphatic heterocycles. The Bertz CT molecular complexity index is 2750. The second-order valence-corrected chi connectivity index (χ2v) is 17.7. The van der Waals surface area contributed by atoms with Crippen LogP contribution in [0.2, 0.25) is 0 Å². The molecule has 0 amide bonds. The van der Waals surface area contributed by atoms with Gasteiger partial charge in [-0.1, -0.05) is 281 Å². The molecule has 0 spiro atoms. The van der Waals surface area contributed by atoms with Gasteiger partial charge in [0.1, 0.15) is 0 Å². The monoisotopic (exact) mass is 832 g/mol. The third-order valence-corrected chi connectivity index (χ3v) is 13.2. The maximum absolute atomic E-state index is 2.37. The van der Waals surface area contributed by atoms with Crippen molar-refractivity contribution < 1.29 is 0 Å². The van der Waals surface area contributed by atoms with Gasteiger partial charge in [0.15, 0.2) is 0 Å². The summed E-state index contributed by atoms with van der Waals surface area (Å²) in [4.78, 5) is 0. The van der Waals surface area contributed by atoms with Gasteiger partial charge >= 0.3 is 0 Å². The molecule has 0 unspecified atom stereocenters. The summed E-state index contributed by atoms with van der Waals surface area (Å²) in [7, 11) is 0. The maximum atomic E-state index is 2.37. The van der Waals surface area contributed by atoms with Crippen LogP contribution >= 0.6 is 0 Å². The van der Waals surface area contributed by atoms with Crippen LogP contribution in [0.1, 0.15) is 70.2 Å². The molecule has 0 radical (unpaired) electrons. The van der Waals surface area contributed by atoms with Gasteiger partial charge in [0.25, 0.3) is 0 Å². The SMILES string of the molecule is CC(C)(c1ccc(C(c2cccc(-c3ccccc3)c2)c2cccc(-c3ccccc3)c2)cc1)c1ccc(C(c2cccc(-c3ccccc3)c2)c2cccc(-c3ccccc3)c2)cc1. The van der Waals surface area contributed by atoms with E-state index in [1.165, 1.54) is 89.0 Å². The molecule has 10 rings (SSSR count). The van der Waals surface area contributed by atoms with Crippen LogP contribution in [0.4, 0.5) is 0 Å². The van der Waals surface area contributed by atoms with Crippen molar-refractivity contribution in [2.24, 2.45) is 0 Å². The first-order valence-electron chi connectivity index (χ1n) is 22.8. The van der Waals surface area contributed by atoms with Crippen LogP contribution in [0, 0.1) is 0 Å². The molecule has 0 atom stereocenters. The van der Waals surface area contributed by atoms with Crippen LogP contribution in [-0.4, -0.2) is 0 Å². The Morgan fingerprint density at radius 2 is 0.446 bits per heavy atom. The van der Waals surface area contributed by atoms with Gasteiger partial charge in [-0.05, 0) is 89.0 Å². The molecule has 65 heavy (non-hydrogen) atoms. The van der Waals surface area contributed by atoms with Gasteiger partial charge in [-0.3, -0.25) is 0 Å². The zero-order valence-electron chi connectivity index (χ0n) is 37.1. The standard InChI is InChI=1S/C65H52/c1-65(2,61-39-35-51(36-40-61)63(57-31-15-27-53(43-57)47-19-7-3-8-20-47)58-32-16-28-54(44-58)48-21-9-4-10-22-48)62-41-37-52(38-42-62)64(59-33-17-29-55(45-59)49-23-11-5-12-24-49)60-34-18-30-56(46-60)50-25-13-6-14-26-50/h3-46,63-64H,1-2H3. The fraction of sp³-hybridized carbons (Fsp3) is 0.0769. The lowest BCUT2D eigenvalue weighted by Crippen LogP contribution is -2.19. The topological polar surface area (TPSA) is 0 Å². The molecular weight excluding hydrogens is 781 g/mol. The first-order valence-corrected chi connectivity index (χ1v) is 22.8. The van der Waals surface area contributed by atoms with Gasteiger partial charge in [-0.15, -0.1) is 0 Å². The third-order valence-electron chi connectivity index (χ3n) is 13.2. The van der Waals surface area contributed by atoms with Crippen LogP contribution in [0.15, 0.2) is 267 Å².